The van der Waals surface area contributed by atoms with Gasteiger partial charge < -0.3 is 9.47 Å². The van der Waals surface area contributed by atoms with Gasteiger partial charge in [0.25, 0.3) is 0 Å². The van der Waals surface area contributed by atoms with Gasteiger partial charge in [0.2, 0.25) is 0 Å². The number of hydrogen-bond acceptors (Lipinski definition) is 2. The van der Waals surface area contributed by atoms with Gasteiger partial charge in [0, 0.05) is 0 Å². The average Bonchev–Trinajstić information content (AvgIpc) is 2.03. The zero-order valence-corrected chi connectivity index (χ0v) is 7.56. The predicted molar refractivity (Wildman–Crippen MR) is 42.5 cm³/mol. The van der Waals surface area contributed by atoms with E-state index in [4.69, 9.17) is 9.47 Å². The molecule has 0 aliphatic heterocycles. The Kier molecular flexibility index (Phi) is 7.29. The Bertz CT molecular complexity index is 99.1. The minimum atomic E-state index is -0.999. The van der Waals surface area contributed by atoms with E-state index in [1.165, 1.54) is 6.92 Å². The van der Waals surface area contributed by atoms with Crippen LogP contribution in [0.15, 0.2) is 0 Å². The van der Waals surface area contributed by atoms with Gasteiger partial charge in [-0.1, -0.05) is 6.92 Å². The molecule has 0 aliphatic rings. The summed E-state index contributed by atoms with van der Waals surface area (Å²) in [6.45, 7) is 3.12. The Morgan fingerprint density at radius 1 is 1.17 bits per heavy atom. The Hall–Kier alpha value is -0.220. The summed E-state index contributed by atoms with van der Waals surface area (Å²) >= 11 is 0. The summed E-state index contributed by atoms with van der Waals surface area (Å²) in [5, 5.41) is 0. The van der Waals surface area contributed by atoms with Crippen LogP contribution in [-0.4, -0.2) is 32.4 Å². The first-order valence-electron chi connectivity index (χ1n) is 4.10. The van der Waals surface area contributed by atoms with Gasteiger partial charge in [-0.2, -0.15) is 0 Å². The van der Waals surface area contributed by atoms with Crippen molar-refractivity contribution in [3.63, 3.8) is 0 Å². The fourth-order valence-corrected chi connectivity index (χ4v) is 0.563. The van der Waals surface area contributed by atoms with E-state index in [-0.39, 0.29) is 20.0 Å². The predicted octanol–water partition coefficient (Wildman–Crippen LogP) is 2.08. The minimum Gasteiger partial charge on any atom is -0.352 e. The smallest absolute Gasteiger partial charge is 0.146 e. The molecule has 0 spiro atoms. The molecule has 0 bridgehead atoms. The lowest BCUT2D eigenvalue weighted by Crippen LogP contribution is -2.13. The van der Waals surface area contributed by atoms with Crippen molar-refractivity contribution in [3.8, 4) is 0 Å². The van der Waals surface area contributed by atoms with Gasteiger partial charge in [0.05, 0.1) is 13.2 Å². The molecule has 0 aromatic heterocycles. The van der Waals surface area contributed by atoms with Gasteiger partial charge in [-0.15, -0.1) is 0 Å². The van der Waals surface area contributed by atoms with Crippen LogP contribution in [0.4, 0.5) is 8.78 Å². The van der Waals surface area contributed by atoms with Crippen LogP contribution in [0.2, 0.25) is 0 Å². The Morgan fingerprint density at radius 3 is 2.25 bits per heavy atom. The third-order valence-corrected chi connectivity index (χ3v) is 1.26. The van der Waals surface area contributed by atoms with Crippen molar-refractivity contribution in [1.29, 1.82) is 0 Å². The van der Waals surface area contributed by atoms with Gasteiger partial charge >= 0.3 is 0 Å². The second-order valence-corrected chi connectivity index (χ2v) is 2.65. The highest BCUT2D eigenvalue weighted by Gasteiger charge is 2.02. The van der Waals surface area contributed by atoms with Gasteiger partial charge in [-0.25, -0.2) is 8.78 Å². The maximum atomic E-state index is 12.5. The maximum absolute atomic E-state index is 12.5. The summed E-state index contributed by atoms with van der Waals surface area (Å²) in [5.41, 5.74) is 0. The minimum absolute atomic E-state index is 0.00305. The summed E-state index contributed by atoms with van der Waals surface area (Å²) in [5.74, 6) is 0. The molecule has 0 fully saturated rings. The lowest BCUT2D eigenvalue weighted by molar-refractivity contribution is -0.0782. The molecule has 4 heteroatoms. The van der Waals surface area contributed by atoms with E-state index in [0.29, 0.717) is 6.42 Å². The van der Waals surface area contributed by atoms with Gasteiger partial charge in [0.1, 0.15) is 19.1 Å². The summed E-state index contributed by atoms with van der Waals surface area (Å²) in [7, 11) is 0. The summed E-state index contributed by atoms with van der Waals surface area (Å²) in [4.78, 5) is 0. The molecule has 0 aliphatic carbocycles. The van der Waals surface area contributed by atoms with Gasteiger partial charge in [-0.3, -0.25) is 0 Å². The molecule has 12 heavy (non-hydrogen) atoms. The molecule has 0 saturated carbocycles. The molecule has 0 aromatic rings. The quantitative estimate of drug-likeness (QED) is 0.443. The van der Waals surface area contributed by atoms with Crippen molar-refractivity contribution in [1.82, 2.24) is 0 Å². The number of halogens is 2. The van der Waals surface area contributed by atoms with Crippen molar-refractivity contribution in [2.75, 3.05) is 20.0 Å². The molecule has 0 rings (SSSR count). The summed E-state index contributed by atoms with van der Waals surface area (Å²) < 4.78 is 34.1. The van der Waals surface area contributed by atoms with Gasteiger partial charge in [-0.05, 0) is 13.3 Å². The first-order valence-corrected chi connectivity index (χ1v) is 4.10. The molecule has 2 unspecified atom stereocenters. The second kappa shape index (κ2) is 7.43. The molecule has 0 radical (unpaired) electrons. The van der Waals surface area contributed by atoms with Crippen molar-refractivity contribution < 1.29 is 18.3 Å². The number of rotatable bonds is 7. The monoisotopic (exact) mass is 182 g/mol. The average molecular weight is 182 g/mol. The first kappa shape index (κ1) is 11.8. The SMILES string of the molecule is CCC(F)COCOCC(C)F. The van der Waals surface area contributed by atoms with Crippen molar-refractivity contribution >= 4 is 0 Å². The molecule has 0 N–H and O–H groups in total. The van der Waals surface area contributed by atoms with Crippen molar-refractivity contribution in [3.05, 3.63) is 0 Å². The fraction of sp³-hybridized carbons (Fsp3) is 1.00. The molecule has 0 saturated heterocycles. The van der Waals surface area contributed by atoms with E-state index in [1.807, 2.05) is 0 Å². The van der Waals surface area contributed by atoms with Crippen LogP contribution in [0.1, 0.15) is 20.3 Å². The Labute approximate surface area is 71.9 Å². The lowest BCUT2D eigenvalue weighted by Gasteiger charge is -2.07. The number of alkyl halides is 2. The highest BCUT2D eigenvalue weighted by Crippen LogP contribution is 1.97. The van der Waals surface area contributed by atoms with Crippen LogP contribution >= 0.6 is 0 Å². The number of hydrogen-bond donors (Lipinski definition) is 0. The highest BCUT2D eigenvalue weighted by atomic mass is 19.1. The molecular formula is C8H16F2O2. The van der Waals surface area contributed by atoms with Crippen LogP contribution in [-0.2, 0) is 9.47 Å². The van der Waals surface area contributed by atoms with Crippen LogP contribution in [0.5, 0.6) is 0 Å². The zero-order chi connectivity index (χ0) is 9.40. The lowest BCUT2D eigenvalue weighted by atomic mass is 10.3. The second-order valence-electron chi connectivity index (χ2n) is 2.65. The van der Waals surface area contributed by atoms with Crippen LogP contribution in [0.25, 0.3) is 0 Å². The molecule has 0 heterocycles. The van der Waals surface area contributed by atoms with Crippen LogP contribution in [0.3, 0.4) is 0 Å². The zero-order valence-electron chi connectivity index (χ0n) is 7.56. The Morgan fingerprint density at radius 2 is 1.75 bits per heavy atom. The summed E-state index contributed by atoms with van der Waals surface area (Å²) in [6.07, 6.45) is -1.52. The standard InChI is InChI=1S/C8H16F2O2/c1-3-8(10)5-12-6-11-4-7(2)9/h7-8H,3-6H2,1-2H3. The molecule has 0 amide bonds. The number of ether oxygens (including phenoxy) is 2. The van der Waals surface area contributed by atoms with E-state index >= 15 is 0 Å². The normalized spacial score (nSPS) is 16.0. The van der Waals surface area contributed by atoms with E-state index in [1.54, 1.807) is 6.92 Å². The van der Waals surface area contributed by atoms with E-state index in [0.717, 1.165) is 0 Å². The topological polar surface area (TPSA) is 18.5 Å². The molecular weight excluding hydrogens is 166 g/mol. The largest absolute Gasteiger partial charge is 0.352 e. The van der Waals surface area contributed by atoms with Gasteiger partial charge in [0.15, 0.2) is 0 Å². The molecule has 74 valence electrons. The van der Waals surface area contributed by atoms with E-state index < -0.39 is 12.3 Å². The third kappa shape index (κ3) is 7.88. The third-order valence-electron chi connectivity index (χ3n) is 1.26. The van der Waals surface area contributed by atoms with E-state index in [9.17, 15) is 8.78 Å². The van der Waals surface area contributed by atoms with Crippen molar-refractivity contribution in [2.24, 2.45) is 0 Å². The van der Waals surface area contributed by atoms with Crippen LogP contribution in [0, 0.1) is 0 Å². The maximum Gasteiger partial charge on any atom is 0.146 e. The first-order chi connectivity index (χ1) is 5.66. The summed E-state index contributed by atoms with van der Waals surface area (Å²) in [6, 6.07) is 0. The Balaban J connectivity index is 3.00. The van der Waals surface area contributed by atoms with Crippen molar-refractivity contribution in [2.45, 2.75) is 32.6 Å². The molecule has 0 aromatic carbocycles. The highest BCUT2D eigenvalue weighted by molar-refractivity contribution is 4.48. The van der Waals surface area contributed by atoms with E-state index in [2.05, 4.69) is 0 Å². The molecule has 2 nitrogen and oxygen atoms in total. The van der Waals surface area contributed by atoms with Crippen LogP contribution < -0.4 is 0 Å². The molecule has 2 atom stereocenters. The fourth-order valence-electron chi connectivity index (χ4n) is 0.563.